The highest BCUT2D eigenvalue weighted by molar-refractivity contribution is 5.78. The molecular weight excluding hydrogens is 252 g/mol. The molecule has 1 aliphatic heterocycles. The van der Waals surface area contributed by atoms with E-state index in [2.05, 4.69) is 20.8 Å². The summed E-state index contributed by atoms with van der Waals surface area (Å²) in [5.41, 5.74) is 6.60. The van der Waals surface area contributed by atoms with Gasteiger partial charge in [0, 0.05) is 13.1 Å². The first-order valence-corrected chi connectivity index (χ1v) is 7.13. The average Bonchev–Trinajstić information content (AvgIpc) is 2.87. The van der Waals surface area contributed by atoms with Crippen molar-refractivity contribution >= 4 is 11.6 Å². The number of rotatable bonds is 3. The zero-order valence-electron chi connectivity index (χ0n) is 12.6. The molecule has 110 valence electrons. The van der Waals surface area contributed by atoms with Crippen molar-refractivity contribution in [2.24, 2.45) is 11.3 Å². The summed E-state index contributed by atoms with van der Waals surface area (Å²) in [5, 5.41) is 0. The van der Waals surface area contributed by atoms with Crippen molar-refractivity contribution in [2.75, 3.05) is 25.4 Å². The topological polar surface area (TPSA) is 55.6 Å². The van der Waals surface area contributed by atoms with Crippen molar-refractivity contribution in [2.45, 2.75) is 27.2 Å². The van der Waals surface area contributed by atoms with Gasteiger partial charge in [-0.2, -0.15) is 0 Å². The van der Waals surface area contributed by atoms with Crippen LogP contribution in [0, 0.1) is 11.3 Å². The maximum absolute atomic E-state index is 12.2. The number of amides is 1. The molecule has 0 spiro atoms. The fourth-order valence-electron chi connectivity index (χ4n) is 2.54. The molecule has 1 amide bonds. The predicted octanol–water partition coefficient (Wildman–Crippen LogP) is 2.54. The van der Waals surface area contributed by atoms with E-state index >= 15 is 0 Å². The Kier molecular flexibility index (Phi) is 4.21. The number of nitrogens with two attached hydrogens (primary N) is 1. The van der Waals surface area contributed by atoms with Crippen LogP contribution in [0.15, 0.2) is 24.3 Å². The van der Waals surface area contributed by atoms with Crippen molar-refractivity contribution < 1.29 is 9.53 Å². The Hall–Kier alpha value is -1.71. The van der Waals surface area contributed by atoms with Crippen LogP contribution >= 0.6 is 0 Å². The minimum atomic E-state index is 0.0417. The number of ether oxygens (including phenoxy) is 1. The van der Waals surface area contributed by atoms with E-state index in [9.17, 15) is 4.79 Å². The summed E-state index contributed by atoms with van der Waals surface area (Å²) in [4.78, 5) is 14.1. The monoisotopic (exact) mass is 276 g/mol. The number of carbonyl (C=O) groups is 1. The molecule has 2 N–H and O–H groups in total. The average molecular weight is 276 g/mol. The quantitative estimate of drug-likeness (QED) is 0.863. The van der Waals surface area contributed by atoms with Gasteiger partial charge in [0.25, 0.3) is 5.91 Å². The SMILES string of the molecule is CC(C)(C)C1CCN(C(=O)COc2ccccc2N)C1. The molecular formula is C16H24N2O2. The number of hydrogen-bond donors (Lipinski definition) is 1. The maximum atomic E-state index is 12.2. The number of benzene rings is 1. The molecule has 1 heterocycles. The van der Waals surface area contributed by atoms with Gasteiger partial charge in [0.05, 0.1) is 5.69 Å². The Morgan fingerprint density at radius 2 is 2.10 bits per heavy atom. The Bertz CT molecular complexity index is 480. The van der Waals surface area contributed by atoms with Crippen LogP contribution in [-0.4, -0.2) is 30.5 Å². The lowest BCUT2D eigenvalue weighted by Crippen LogP contribution is -2.34. The molecule has 0 radical (unpaired) electrons. The van der Waals surface area contributed by atoms with Crippen molar-refractivity contribution in [3.8, 4) is 5.75 Å². The Morgan fingerprint density at radius 1 is 1.40 bits per heavy atom. The van der Waals surface area contributed by atoms with E-state index in [-0.39, 0.29) is 17.9 Å². The highest BCUT2D eigenvalue weighted by atomic mass is 16.5. The second-order valence-corrected chi connectivity index (χ2v) is 6.52. The van der Waals surface area contributed by atoms with Gasteiger partial charge in [-0.1, -0.05) is 32.9 Å². The second-order valence-electron chi connectivity index (χ2n) is 6.52. The lowest BCUT2D eigenvalue weighted by Gasteiger charge is -2.27. The summed E-state index contributed by atoms with van der Waals surface area (Å²) >= 11 is 0. The number of para-hydroxylation sites is 2. The molecule has 0 saturated carbocycles. The first-order valence-electron chi connectivity index (χ1n) is 7.13. The van der Waals surface area contributed by atoms with Crippen LogP contribution in [0.1, 0.15) is 27.2 Å². The van der Waals surface area contributed by atoms with Crippen molar-refractivity contribution in [1.82, 2.24) is 4.90 Å². The van der Waals surface area contributed by atoms with Crippen LogP contribution in [0.3, 0.4) is 0 Å². The first kappa shape index (κ1) is 14.7. The van der Waals surface area contributed by atoms with Crippen molar-refractivity contribution in [3.63, 3.8) is 0 Å². The predicted molar refractivity (Wildman–Crippen MR) is 80.5 cm³/mol. The van der Waals surface area contributed by atoms with E-state index in [1.54, 1.807) is 12.1 Å². The third kappa shape index (κ3) is 3.44. The van der Waals surface area contributed by atoms with Gasteiger partial charge >= 0.3 is 0 Å². The number of hydrogen-bond acceptors (Lipinski definition) is 3. The molecule has 1 aromatic carbocycles. The van der Waals surface area contributed by atoms with Gasteiger partial charge in [0.2, 0.25) is 0 Å². The lowest BCUT2D eigenvalue weighted by atomic mass is 9.80. The largest absolute Gasteiger partial charge is 0.482 e. The molecule has 0 aliphatic carbocycles. The Balaban J connectivity index is 1.86. The van der Waals surface area contributed by atoms with Crippen molar-refractivity contribution in [3.05, 3.63) is 24.3 Å². The number of carbonyl (C=O) groups excluding carboxylic acids is 1. The van der Waals surface area contributed by atoms with Gasteiger partial charge < -0.3 is 15.4 Å². The fraction of sp³-hybridized carbons (Fsp3) is 0.562. The van der Waals surface area contributed by atoms with Crippen LogP contribution in [-0.2, 0) is 4.79 Å². The number of nitrogens with zero attached hydrogens (tertiary/aromatic N) is 1. The summed E-state index contributed by atoms with van der Waals surface area (Å²) < 4.78 is 5.52. The van der Waals surface area contributed by atoms with Gasteiger partial charge in [0.15, 0.2) is 6.61 Å². The third-order valence-corrected chi connectivity index (χ3v) is 4.04. The van der Waals surface area contributed by atoms with E-state index in [4.69, 9.17) is 10.5 Å². The second kappa shape index (κ2) is 5.73. The molecule has 1 aromatic rings. The van der Waals surface area contributed by atoms with Crippen LogP contribution in [0.25, 0.3) is 0 Å². The van der Waals surface area contributed by atoms with Gasteiger partial charge in [-0.15, -0.1) is 0 Å². The summed E-state index contributed by atoms with van der Waals surface area (Å²) in [7, 11) is 0. The van der Waals surface area contributed by atoms with E-state index < -0.39 is 0 Å². The number of nitrogen functional groups attached to an aromatic ring is 1. The number of likely N-dealkylation sites (tertiary alicyclic amines) is 1. The summed E-state index contributed by atoms with van der Waals surface area (Å²) in [5.74, 6) is 1.18. The first-order chi connectivity index (χ1) is 9.38. The highest BCUT2D eigenvalue weighted by Crippen LogP contribution is 2.33. The van der Waals surface area contributed by atoms with E-state index in [1.165, 1.54) is 0 Å². The summed E-state index contributed by atoms with van der Waals surface area (Å²) in [6.07, 6.45) is 1.07. The van der Waals surface area contributed by atoms with Gasteiger partial charge in [-0.25, -0.2) is 0 Å². The maximum Gasteiger partial charge on any atom is 0.260 e. The standard InChI is InChI=1S/C16H24N2O2/c1-16(2,3)12-8-9-18(10-12)15(19)11-20-14-7-5-4-6-13(14)17/h4-7,12H,8-11,17H2,1-3H3. The van der Waals surface area contributed by atoms with Gasteiger partial charge in [-0.3, -0.25) is 4.79 Å². The minimum absolute atomic E-state index is 0.0417. The normalized spacial score (nSPS) is 19.1. The van der Waals surface area contributed by atoms with Crippen LogP contribution in [0.2, 0.25) is 0 Å². The molecule has 1 fully saturated rings. The molecule has 4 heteroatoms. The molecule has 1 unspecified atom stereocenters. The molecule has 1 atom stereocenters. The molecule has 0 aromatic heterocycles. The minimum Gasteiger partial charge on any atom is -0.482 e. The summed E-state index contributed by atoms with van der Waals surface area (Å²) in [6.45, 7) is 8.40. The smallest absolute Gasteiger partial charge is 0.260 e. The van der Waals surface area contributed by atoms with Crippen LogP contribution in [0.4, 0.5) is 5.69 Å². The lowest BCUT2D eigenvalue weighted by molar-refractivity contribution is -0.132. The van der Waals surface area contributed by atoms with E-state index in [1.807, 2.05) is 17.0 Å². The van der Waals surface area contributed by atoms with Gasteiger partial charge in [-0.05, 0) is 29.9 Å². The molecule has 2 rings (SSSR count). The Labute approximate surface area is 120 Å². The molecule has 0 bridgehead atoms. The van der Waals surface area contributed by atoms with Gasteiger partial charge in [0.1, 0.15) is 5.75 Å². The van der Waals surface area contributed by atoms with E-state index in [0.717, 1.165) is 19.5 Å². The summed E-state index contributed by atoms with van der Waals surface area (Å²) in [6, 6.07) is 7.25. The number of anilines is 1. The van der Waals surface area contributed by atoms with Crippen molar-refractivity contribution in [1.29, 1.82) is 0 Å². The van der Waals surface area contributed by atoms with Crippen LogP contribution in [0.5, 0.6) is 5.75 Å². The third-order valence-electron chi connectivity index (χ3n) is 4.04. The van der Waals surface area contributed by atoms with Crippen LogP contribution < -0.4 is 10.5 Å². The zero-order chi connectivity index (χ0) is 14.8. The fourth-order valence-corrected chi connectivity index (χ4v) is 2.54. The Morgan fingerprint density at radius 3 is 2.70 bits per heavy atom. The molecule has 4 nitrogen and oxygen atoms in total. The zero-order valence-corrected chi connectivity index (χ0v) is 12.6. The molecule has 1 aliphatic rings. The molecule has 1 saturated heterocycles. The highest BCUT2D eigenvalue weighted by Gasteiger charge is 2.33. The molecule has 20 heavy (non-hydrogen) atoms. The van der Waals surface area contributed by atoms with E-state index in [0.29, 0.717) is 17.4 Å².